The van der Waals surface area contributed by atoms with E-state index in [2.05, 4.69) is 0 Å². The molecule has 3 N–H and O–H groups in total. The van der Waals surface area contributed by atoms with Crippen molar-refractivity contribution in [3.63, 3.8) is 0 Å². The second-order valence-corrected chi connectivity index (χ2v) is 5.20. The predicted octanol–water partition coefficient (Wildman–Crippen LogP) is 0.437. The molecule has 1 atom stereocenters. The highest BCUT2D eigenvalue weighted by Gasteiger charge is 2.36. The fourth-order valence-electron chi connectivity index (χ4n) is 2.95. The number of rotatable bonds is 3. The summed E-state index contributed by atoms with van der Waals surface area (Å²) in [5.74, 6) is -0.427. The van der Waals surface area contributed by atoms with E-state index in [0.717, 1.165) is 19.4 Å². The molecule has 2 rings (SSSR count). The molecule has 1 aliphatic carbocycles. The Balaban J connectivity index is 1.89. The van der Waals surface area contributed by atoms with Gasteiger partial charge in [-0.15, -0.1) is 0 Å². The van der Waals surface area contributed by atoms with Gasteiger partial charge in [-0.2, -0.15) is 0 Å². The maximum absolute atomic E-state index is 11.8. The van der Waals surface area contributed by atoms with Crippen molar-refractivity contribution in [1.29, 1.82) is 0 Å². The van der Waals surface area contributed by atoms with E-state index < -0.39 is 5.97 Å². The Morgan fingerprint density at radius 2 is 2.00 bits per heavy atom. The van der Waals surface area contributed by atoms with Crippen molar-refractivity contribution in [3.8, 4) is 0 Å². The van der Waals surface area contributed by atoms with E-state index in [-0.39, 0.29) is 17.9 Å². The molecule has 17 heavy (non-hydrogen) atoms. The summed E-state index contributed by atoms with van der Waals surface area (Å²) in [6, 6.07) is 0.245. The summed E-state index contributed by atoms with van der Waals surface area (Å²) in [4.78, 5) is 24.6. The third kappa shape index (κ3) is 2.60. The fourth-order valence-corrected chi connectivity index (χ4v) is 2.95. The van der Waals surface area contributed by atoms with E-state index >= 15 is 0 Å². The number of carboxylic acid groups (broad SMARTS) is 1. The molecule has 0 aromatic carbocycles. The zero-order valence-electron chi connectivity index (χ0n) is 9.97. The molecule has 1 heterocycles. The van der Waals surface area contributed by atoms with Crippen LogP contribution < -0.4 is 5.73 Å². The van der Waals surface area contributed by atoms with Crippen LogP contribution in [0.25, 0.3) is 0 Å². The van der Waals surface area contributed by atoms with Crippen molar-refractivity contribution < 1.29 is 14.7 Å². The van der Waals surface area contributed by atoms with Crippen LogP contribution in [-0.2, 0) is 9.59 Å². The van der Waals surface area contributed by atoms with Crippen molar-refractivity contribution in [2.75, 3.05) is 13.1 Å². The van der Waals surface area contributed by atoms with Gasteiger partial charge < -0.3 is 15.7 Å². The Hall–Kier alpha value is -1.10. The monoisotopic (exact) mass is 240 g/mol. The average Bonchev–Trinajstić information content (AvgIpc) is 2.71. The zero-order valence-corrected chi connectivity index (χ0v) is 9.97. The first kappa shape index (κ1) is 12.4. The van der Waals surface area contributed by atoms with Gasteiger partial charge in [-0.25, -0.2) is 0 Å². The molecule has 1 aliphatic heterocycles. The van der Waals surface area contributed by atoms with E-state index in [1.165, 1.54) is 0 Å². The van der Waals surface area contributed by atoms with Crippen LogP contribution in [0.3, 0.4) is 0 Å². The highest BCUT2D eigenvalue weighted by molar-refractivity contribution is 5.79. The van der Waals surface area contributed by atoms with Gasteiger partial charge in [0.05, 0.1) is 5.92 Å². The molecule has 2 fully saturated rings. The Kier molecular flexibility index (Phi) is 3.66. The maximum Gasteiger partial charge on any atom is 0.306 e. The van der Waals surface area contributed by atoms with Crippen molar-refractivity contribution in [2.45, 2.75) is 38.1 Å². The first-order chi connectivity index (χ1) is 8.11. The van der Waals surface area contributed by atoms with Crippen molar-refractivity contribution in [1.82, 2.24) is 4.90 Å². The number of carboxylic acids is 1. The highest BCUT2D eigenvalue weighted by atomic mass is 16.4. The molecular formula is C12H20N2O3. The molecule has 1 saturated heterocycles. The van der Waals surface area contributed by atoms with Gasteiger partial charge in [0, 0.05) is 19.0 Å². The number of amides is 1. The number of nitrogens with two attached hydrogens (primary N) is 1. The Morgan fingerprint density at radius 1 is 1.35 bits per heavy atom. The smallest absolute Gasteiger partial charge is 0.306 e. The fraction of sp³-hybridized carbons (Fsp3) is 0.833. The number of hydrogen-bond donors (Lipinski definition) is 2. The van der Waals surface area contributed by atoms with Crippen molar-refractivity contribution in [3.05, 3.63) is 0 Å². The van der Waals surface area contributed by atoms with Gasteiger partial charge >= 0.3 is 5.97 Å². The quantitative estimate of drug-likeness (QED) is 0.749. The molecule has 0 aromatic rings. The first-order valence-electron chi connectivity index (χ1n) is 6.34. The average molecular weight is 240 g/mol. The van der Waals surface area contributed by atoms with E-state index in [0.29, 0.717) is 31.7 Å². The molecule has 0 bridgehead atoms. The molecule has 5 nitrogen and oxygen atoms in total. The van der Waals surface area contributed by atoms with E-state index in [1.54, 1.807) is 0 Å². The lowest BCUT2D eigenvalue weighted by molar-refractivity contribution is -0.143. The Bertz CT molecular complexity index is 311. The summed E-state index contributed by atoms with van der Waals surface area (Å²) in [6.07, 6.45) is 3.59. The van der Waals surface area contributed by atoms with Crippen molar-refractivity contribution in [2.24, 2.45) is 17.6 Å². The van der Waals surface area contributed by atoms with Crippen molar-refractivity contribution >= 4 is 11.9 Å². The second-order valence-electron chi connectivity index (χ2n) is 5.20. The van der Waals surface area contributed by atoms with Crippen LogP contribution in [0.4, 0.5) is 0 Å². The summed E-state index contributed by atoms with van der Waals surface area (Å²) in [5, 5.41) is 8.92. The van der Waals surface area contributed by atoms with Gasteiger partial charge in [-0.05, 0) is 38.1 Å². The van der Waals surface area contributed by atoms with Crippen LogP contribution in [0.15, 0.2) is 0 Å². The molecule has 2 aliphatic rings. The third-order valence-corrected chi connectivity index (χ3v) is 4.06. The molecule has 1 unspecified atom stereocenters. The summed E-state index contributed by atoms with van der Waals surface area (Å²) in [5.41, 5.74) is 5.59. The van der Waals surface area contributed by atoms with Crippen LogP contribution >= 0.6 is 0 Å². The van der Waals surface area contributed by atoms with Crippen LogP contribution in [-0.4, -0.2) is 41.0 Å². The molecule has 0 spiro atoms. The number of carbonyl (C=O) groups is 2. The number of carbonyl (C=O) groups excluding carboxylic acids is 1. The number of aliphatic carboxylic acids is 1. The first-order valence-corrected chi connectivity index (χ1v) is 6.34. The van der Waals surface area contributed by atoms with Crippen LogP contribution in [0.1, 0.15) is 32.1 Å². The maximum atomic E-state index is 11.8. The molecule has 0 aromatic heterocycles. The van der Waals surface area contributed by atoms with E-state index in [9.17, 15) is 9.59 Å². The van der Waals surface area contributed by atoms with Gasteiger partial charge in [0.1, 0.15) is 0 Å². The van der Waals surface area contributed by atoms with Gasteiger partial charge in [0.25, 0.3) is 0 Å². The predicted molar refractivity (Wildman–Crippen MR) is 62.3 cm³/mol. The van der Waals surface area contributed by atoms with E-state index in [4.69, 9.17) is 10.8 Å². The van der Waals surface area contributed by atoms with Crippen LogP contribution in [0.2, 0.25) is 0 Å². The number of likely N-dealkylation sites (tertiary alicyclic amines) is 1. The minimum absolute atomic E-state index is 0.194. The summed E-state index contributed by atoms with van der Waals surface area (Å²) in [6.45, 7) is 1.32. The largest absolute Gasteiger partial charge is 0.481 e. The van der Waals surface area contributed by atoms with Crippen LogP contribution in [0.5, 0.6) is 0 Å². The zero-order chi connectivity index (χ0) is 12.4. The number of nitrogens with zero attached hydrogens (tertiary/aromatic N) is 1. The molecule has 1 amide bonds. The molecule has 1 saturated carbocycles. The topological polar surface area (TPSA) is 83.6 Å². The van der Waals surface area contributed by atoms with Gasteiger partial charge in [-0.3, -0.25) is 9.59 Å². The normalized spacial score (nSPS) is 34.1. The van der Waals surface area contributed by atoms with Gasteiger partial charge in [-0.1, -0.05) is 0 Å². The molecule has 96 valence electrons. The lowest BCUT2D eigenvalue weighted by atomic mass is 9.85. The second kappa shape index (κ2) is 5.04. The SMILES string of the molecule is NCC1CC(=O)N(C2CCC(C(=O)O)CC2)C1. The molecule has 0 radical (unpaired) electrons. The lowest BCUT2D eigenvalue weighted by Crippen LogP contribution is -2.40. The molecular weight excluding hydrogens is 220 g/mol. The summed E-state index contributed by atoms with van der Waals surface area (Å²) >= 11 is 0. The minimum Gasteiger partial charge on any atom is -0.481 e. The van der Waals surface area contributed by atoms with Gasteiger partial charge in [0.2, 0.25) is 5.91 Å². The Morgan fingerprint density at radius 3 is 2.47 bits per heavy atom. The van der Waals surface area contributed by atoms with E-state index in [1.807, 2.05) is 4.90 Å². The third-order valence-electron chi connectivity index (χ3n) is 4.06. The summed E-state index contributed by atoms with van der Waals surface area (Å²) < 4.78 is 0. The standard InChI is InChI=1S/C12H20N2O3/c13-6-8-5-11(15)14(7-8)10-3-1-9(2-4-10)12(16)17/h8-10H,1-7,13H2,(H,16,17). The lowest BCUT2D eigenvalue weighted by Gasteiger charge is -2.33. The highest BCUT2D eigenvalue weighted by Crippen LogP contribution is 2.31. The Labute approximate surface area is 101 Å². The van der Waals surface area contributed by atoms with Gasteiger partial charge in [0.15, 0.2) is 0 Å². The van der Waals surface area contributed by atoms with Crippen LogP contribution in [0, 0.1) is 11.8 Å². The number of hydrogen-bond acceptors (Lipinski definition) is 3. The minimum atomic E-state index is -0.698. The summed E-state index contributed by atoms with van der Waals surface area (Å²) in [7, 11) is 0. The molecule has 5 heteroatoms.